The Morgan fingerprint density at radius 3 is 2.58 bits per heavy atom. The summed E-state index contributed by atoms with van der Waals surface area (Å²) in [5, 5.41) is 12.4. The Labute approximate surface area is 158 Å². The monoisotopic (exact) mass is 375 g/mol. The number of carboxylic acids is 1. The van der Waals surface area contributed by atoms with Crippen LogP contribution < -0.4 is 14.8 Å². The average Bonchev–Trinajstić information content (AvgIpc) is 2.67. The second kappa shape index (κ2) is 10.7. The lowest BCUT2D eigenvalue weighted by molar-refractivity contribution is -0.139. The molecular formula is C20H25NO4S. The molecule has 5 nitrogen and oxygen atoms in total. The molecule has 0 aromatic heterocycles. The molecule has 0 aliphatic rings. The van der Waals surface area contributed by atoms with Gasteiger partial charge in [-0.05, 0) is 41.7 Å². The molecule has 0 saturated carbocycles. The first-order valence-corrected chi connectivity index (χ1v) is 9.82. The highest BCUT2D eigenvalue weighted by Crippen LogP contribution is 2.29. The van der Waals surface area contributed by atoms with Gasteiger partial charge in [0, 0.05) is 6.54 Å². The van der Waals surface area contributed by atoms with Crippen LogP contribution in [0.1, 0.15) is 17.5 Å². The first kappa shape index (κ1) is 20.1. The van der Waals surface area contributed by atoms with E-state index in [1.54, 1.807) is 18.9 Å². The molecule has 26 heavy (non-hydrogen) atoms. The highest BCUT2D eigenvalue weighted by molar-refractivity contribution is 7.98. The molecule has 2 rings (SSSR count). The van der Waals surface area contributed by atoms with Gasteiger partial charge < -0.3 is 19.9 Å². The van der Waals surface area contributed by atoms with Crippen molar-refractivity contribution in [2.24, 2.45) is 0 Å². The van der Waals surface area contributed by atoms with Crippen molar-refractivity contribution in [2.75, 3.05) is 19.1 Å². The van der Waals surface area contributed by atoms with Crippen LogP contribution >= 0.6 is 11.8 Å². The second-order valence-corrected chi connectivity index (χ2v) is 6.80. The molecule has 0 amide bonds. The van der Waals surface area contributed by atoms with E-state index in [0.29, 0.717) is 31.1 Å². The Kier molecular flexibility index (Phi) is 8.31. The van der Waals surface area contributed by atoms with Gasteiger partial charge in [0.2, 0.25) is 0 Å². The lowest BCUT2D eigenvalue weighted by Gasteiger charge is -2.16. The summed E-state index contributed by atoms with van der Waals surface area (Å²) in [6.07, 6.45) is 2.56. The quantitative estimate of drug-likeness (QED) is 0.626. The molecule has 140 valence electrons. The molecule has 0 radical (unpaired) electrons. The number of rotatable bonds is 11. The van der Waals surface area contributed by atoms with E-state index in [0.717, 1.165) is 16.9 Å². The van der Waals surface area contributed by atoms with E-state index < -0.39 is 12.0 Å². The minimum Gasteiger partial charge on any atom is -0.493 e. The van der Waals surface area contributed by atoms with Crippen molar-refractivity contribution in [3.63, 3.8) is 0 Å². The second-order valence-electron chi connectivity index (χ2n) is 5.81. The van der Waals surface area contributed by atoms with Gasteiger partial charge in [0.15, 0.2) is 11.5 Å². The zero-order valence-electron chi connectivity index (χ0n) is 15.1. The van der Waals surface area contributed by atoms with Gasteiger partial charge in [0.1, 0.15) is 12.6 Å². The third kappa shape index (κ3) is 6.28. The largest absolute Gasteiger partial charge is 0.493 e. The van der Waals surface area contributed by atoms with Crippen molar-refractivity contribution in [3.8, 4) is 11.5 Å². The van der Waals surface area contributed by atoms with E-state index in [4.69, 9.17) is 9.47 Å². The molecule has 0 unspecified atom stereocenters. The van der Waals surface area contributed by atoms with Gasteiger partial charge in [-0.15, -0.1) is 0 Å². The van der Waals surface area contributed by atoms with Crippen molar-refractivity contribution in [3.05, 3.63) is 59.7 Å². The summed E-state index contributed by atoms with van der Waals surface area (Å²) in [5.41, 5.74) is 2.02. The number of nitrogens with one attached hydrogen (secondary N) is 1. The smallest absolute Gasteiger partial charge is 0.320 e. The van der Waals surface area contributed by atoms with Crippen LogP contribution in [0.25, 0.3) is 0 Å². The normalized spacial score (nSPS) is 11.8. The molecule has 2 aromatic carbocycles. The van der Waals surface area contributed by atoms with Gasteiger partial charge >= 0.3 is 5.97 Å². The Morgan fingerprint density at radius 1 is 1.15 bits per heavy atom. The third-order valence-electron chi connectivity index (χ3n) is 3.93. The Balaban J connectivity index is 2.01. The summed E-state index contributed by atoms with van der Waals surface area (Å²) in [4.78, 5) is 11.3. The van der Waals surface area contributed by atoms with Crippen molar-refractivity contribution in [2.45, 2.75) is 25.6 Å². The fourth-order valence-electron chi connectivity index (χ4n) is 2.47. The number of hydrogen-bond acceptors (Lipinski definition) is 5. The molecule has 0 spiro atoms. The van der Waals surface area contributed by atoms with E-state index in [1.165, 1.54) is 0 Å². The summed E-state index contributed by atoms with van der Waals surface area (Å²) >= 11 is 1.64. The van der Waals surface area contributed by atoms with Gasteiger partial charge in [-0.2, -0.15) is 11.8 Å². The summed E-state index contributed by atoms with van der Waals surface area (Å²) in [6, 6.07) is 15.0. The van der Waals surface area contributed by atoms with Gasteiger partial charge in [-0.25, -0.2) is 0 Å². The topological polar surface area (TPSA) is 67.8 Å². The summed E-state index contributed by atoms with van der Waals surface area (Å²) in [5.74, 6) is 1.28. The van der Waals surface area contributed by atoms with Crippen LogP contribution in [-0.4, -0.2) is 36.2 Å². The molecule has 2 aromatic rings. The molecule has 0 aliphatic heterocycles. The number of thioether (sulfide) groups is 1. The minimum absolute atomic E-state index is 0.444. The number of carboxylic acid groups (broad SMARTS) is 1. The zero-order valence-corrected chi connectivity index (χ0v) is 15.9. The third-order valence-corrected chi connectivity index (χ3v) is 4.57. The first-order chi connectivity index (χ1) is 12.6. The predicted molar refractivity (Wildman–Crippen MR) is 105 cm³/mol. The summed E-state index contributed by atoms with van der Waals surface area (Å²) in [6.45, 7) is 0.899. The zero-order chi connectivity index (χ0) is 18.8. The minimum atomic E-state index is -0.826. The molecule has 0 aliphatic carbocycles. The van der Waals surface area contributed by atoms with Crippen molar-refractivity contribution < 1.29 is 19.4 Å². The van der Waals surface area contributed by atoms with Crippen molar-refractivity contribution >= 4 is 17.7 Å². The lowest BCUT2D eigenvalue weighted by atomic mass is 10.1. The molecule has 0 fully saturated rings. The van der Waals surface area contributed by atoms with Crippen LogP contribution in [0.3, 0.4) is 0 Å². The van der Waals surface area contributed by atoms with Crippen molar-refractivity contribution in [1.82, 2.24) is 5.32 Å². The molecule has 0 heterocycles. The maximum Gasteiger partial charge on any atom is 0.320 e. The maximum atomic E-state index is 11.3. The lowest BCUT2D eigenvalue weighted by Crippen LogP contribution is -2.36. The Hall–Kier alpha value is -2.18. The van der Waals surface area contributed by atoms with Crippen LogP contribution in [0.15, 0.2) is 48.5 Å². The molecule has 6 heteroatoms. The number of methoxy groups -OCH3 is 1. The number of aliphatic carboxylic acids is 1. The highest BCUT2D eigenvalue weighted by atomic mass is 32.2. The van der Waals surface area contributed by atoms with Crippen LogP contribution in [0.2, 0.25) is 0 Å². The van der Waals surface area contributed by atoms with Gasteiger partial charge in [0.05, 0.1) is 7.11 Å². The molecular weight excluding hydrogens is 350 g/mol. The predicted octanol–water partition coefficient (Wildman–Crippen LogP) is 3.57. The van der Waals surface area contributed by atoms with E-state index in [2.05, 4.69) is 5.32 Å². The number of benzene rings is 2. The highest BCUT2D eigenvalue weighted by Gasteiger charge is 2.16. The van der Waals surface area contributed by atoms with Gasteiger partial charge in [-0.1, -0.05) is 36.4 Å². The van der Waals surface area contributed by atoms with E-state index in [9.17, 15) is 9.90 Å². The van der Waals surface area contributed by atoms with Crippen LogP contribution in [0.5, 0.6) is 11.5 Å². The number of ether oxygens (including phenoxy) is 2. The summed E-state index contributed by atoms with van der Waals surface area (Å²) in [7, 11) is 1.60. The Morgan fingerprint density at radius 2 is 1.92 bits per heavy atom. The molecule has 2 N–H and O–H groups in total. The SMILES string of the molecule is COc1ccc(CN[C@H](CCSC)C(=O)O)cc1OCc1ccccc1. The molecule has 1 atom stereocenters. The average molecular weight is 375 g/mol. The van der Waals surface area contributed by atoms with Gasteiger partial charge in [-0.3, -0.25) is 4.79 Å². The van der Waals surface area contributed by atoms with E-state index in [1.807, 2.05) is 54.8 Å². The summed E-state index contributed by atoms with van der Waals surface area (Å²) < 4.78 is 11.3. The van der Waals surface area contributed by atoms with E-state index in [-0.39, 0.29) is 0 Å². The molecule has 0 bridgehead atoms. The van der Waals surface area contributed by atoms with Crippen LogP contribution in [0.4, 0.5) is 0 Å². The fourth-order valence-corrected chi connectivity index (χ4v) is 2.94. The fraction of sp³-hybridized carbons (Fsp3) is 0.350. The molecule has 0 saturated heterocycles. The van der Waals surface area contributed by atoms with Gasteiger partial charge in [0.25, 0.3) is 0 Å². The standard InChI is InChI=1S/C20H25NO4S/c1-24-18-9-8-16(13-21-17(20(22)23)10-11-26-2)12-19(18)25-14-15-6-4-3-5-7-15/h3-9,12,17,21H,10-11,13-14H2,1-2H3,(H,22,23)/t17-/m1/s1. The van der Waals surface area contributed by atoms with Crippen LogP contribution in [0, 0.1) is 0 Å². The van der Waals surface area contributed by atoms with Crippen LogP contribution in [-0.2, 0) is 17.9 Å². The van der Waals surface area contributed by atoms with Crippen molar-refractivity contribution in [1.29, 1.82) is 0 Å². The maximum absolute atomic E-state index is 11.3. The van der Waals surface area contributed by atoms with E-state index >= 15 is 0 Å². The Bertz CT molecular complexity index is 693. The first-order valence-electron chi connectivity index (χ1n) is 8.42. The number of hydrogen-bond donors (Lipinski definition) is 2. The number of carbonyl (C=O) groups is 1.